The zero-order chi connectivity index (χ0) is 23.3. The topological polar surface area (TPSA) is 37.3 Å². The molecule has 0 spiro atoms. The number of hydrazone groups is 1. The van der Waals surface area contributed by atoms with Crippen LogP contribution in [0.4, 0.5) is 0 Å². The van der Waals surface area contributed by atoms with E-state index in [9.17, 15) is 0 Å². The summed E-state index contributed by atoms with van der Waals surface area (Å²) in [4.78, 5) is 2.62. The lowest BCUT2D eigenvalue weighted by Crippen LogP contribution is -2.49. The van der Waals surface area contributed by atoms with Crippen LogP contribution in [0.1, 0.15) is 36.8 Å². The number of rotatable bonds is 7. The molecule has 1 aliphatic carbocycles. The Morgan fingerprint density at radius 3 is 2.44 bits per heavy atom. The number of hydrogen-bond acceptors (Lipinski definition) is 5. The average Bonchev–Trinajstić information content (AvgIpc) is 2.91. The summed E-state index contributed by atoms with van der Waals surface area (Å²) in [6, 6.07) is 17.6. The Hall–Kier alpha value is -2.79. The van der Waals surface area contributed by atoms with Crippen molar-refractivity contribution in [3.05, 3.63) is 71.8 Å². The number of likely N-dealkylation sites (tertiary alicyclic amines) is 1. The van der Waals surface area contributed by atoms with Crippen molar-refractivity contribution in [2.24, 2.45) is 16.9 Å². The van der Waals surface area contributed by atoms with Crippen LogP contribution in [0.25, 0.3) is 0 Å². The molecule has 2 heterocycles. The van der Waals surface area contributed by atoms with E-state index in [0.29, 0.717) is 17.9 Å². The first-order chi connectivity index (χ1) is 16.7. The van der Waals surface area contributed by atoms with E-state index in [-0.39, 0.29) is 0 Å². The first-order valence-electron chi connectivity index (χ1n) is 12.7. The molecule has 2 aromatic carbocycles. The van der Waals surface area contributed by atoms with Crippen molar-refractivity contribution in [2.75, 3.05) is 40.4 Å². The van der Waals surface area contributed by atoms with Gasteiger partial charge in [-0.05, 0) is 61.8 Å². The van der Waals surface area contributed by atoms with Gasteiger partial charge in [0, 0.05) is 43.7 Å². The maximum Gasteiger partial charge on any atom is 0.161 e. The molecule has 5 rings (SSSR count). The van der Waals surface area contributed by atoms with E-state index in [4.69, 9.17) is 14.6 Å². The fraction of sp³-hybridized carbons (Fsp3) is 0.483. The smallest absolute Gasteiger partial charge is 0.161 e. The van der Waals surface area contributed by atoms with Crippen LogP contribution in [0, 0.1) is 11.8 Å². The molecule has 0 aromatic heterocycles. The zero-order valence-electron chi connectivity index (χ0n) is 20.5. The molecule has 2 aromatic rings. The summed E-state index contributed by atoms with van der Waals surface area (Å²) in [5.74, 6) is 2.64. The van der Waals surface area contributed by atoms with Gasteiger partial charge in [0.2, 0.25) is 0 Å². The number of nitrogens with zero attached hydrogens (tertiary/aromatic N) is 3. The minimum Gasteiger partial charge on any atom is -0.493 e. The first kappa shape index (κ1) is 23.0. The quantitative estimate of drug-likeness (QED) is 0.546. The van der Waals surface area contributed by atoms with Gasteiger partial charge in [-0.15, -0.1) is 0 Å². The maximum atomic E-state index is 5.60. The largest absolute Gasteiger partial charge is 0.493 e. The number of methoxy groups -OCH3 is 2. The van der Waals surface area contributed by atoms with Gasteiger partial charge in [0.1, 0.15) is 0 Å². The number of hydrogen-bond donors (Lipinski definition) is 0. The molecule has 5 heteroatoms. The van der Waals surface area contributed by atoms with Crippen LogP contribution in [0.3, 0.4) is 0 Å². The van der Waals surface area contributed by atoms with Crippen molar-refractivity contribution >= 4 is 5.71 Å². The summed E-state index contributed by atoms with van der Waals surface area (Å²) < 4.78 is 11.1. The average molecular weight is 460 g/mol. The molecular formula is C29H37N3O2. The molecule has 180 valence electrons. The Bertz CT molecular complexity index is 1010. The van der Waals surface area contributed by atoms with Gasteiger partial charge in [-0.1, -0.05) is 42.5 Å². The predicted molar refractivity (Wildman–Crippen MR) is 138 cm³/mol. The van der Waals surface area contributed by atoms with E-state index in [2.05, 4.69) is 64.5 Å². The first-order valence-corrected chi connectivity index (χ1v) is 12.7. The third-order valence-electron chi connectivity index (χ3n) is 7.79. The number of allylic oxidation sites excluding steroid dienone is 2. The molecule has 0 radical (unpaired) electrons. The number of ether oxygens (including phenoxy) is 2. The molecule has 0 unspecified atom stereocenters. The van der Waals surface area contributed by atoms with E-state index < -0.39 is 0 Å². The van der Waals surface area contributed by atoms with Gasteiger partial charge in [0.05, 0.1) is 19.9 Å². The highest BCUT2D eigenvalue weighted by molar-refractivity contribution is 6.03. The van der Waals surface area contributed by atoms with Crippen LogP contribution in [-0.4, -0.2) is 62.1 Å². The molecule has 0 bridgehead atoms. The van der Waals surface area contributed by atoms with E-state index in [1.807, 2.05) is 6.07 Å². The van der Waals surface area contributed by atoms with Crippen molar-refractivity contribution < 1.29 is 9.47 Å². The van der Waals surface area contributed by atoms with Crippen molar-refractivity contribution in [1.29, 1.82) is 0 Å². The fourth-order valence-electron chi connectivity index (χ4n) is 5.77. The molecule has 0 amide bonds. The normalized spacial score (nSPS) is 23.4. The summed E-state index contributed by atoms with van der Waals surface area (Å²) in [6.45, 7) is 4.53. The Balaban J connectivity index is 1.29. The lowest BCUT2D eigenvalue weighted by atomic mass is 9.76. The van der Waals surface area contributed by atoms with Crippen LogP contribution < -0.4 is 9.47 Å². The van der Waals surface area contributed by atoms with E-state index in [1.54, 1.807) is 14.2 Å². The molecule has 1 fully saturated rings. The van der Waals surface area contributed by atoms with Crippen LogP contribution >= 0.6 is 0 Å². The number of benzene rings is 2. The SMILES string of the molecule is COc1ccc(C2=NN(C3CCN(CCc4ccccc4)CC3)C[C@@H]3CC=CC[C@H]23)cc1OC. The Morgan fingerprint density at radius 2 is 1.68 bits per heavy atom. The molecule has 0 N–H and O–H groups in total. The van der Waals surface area contributed by atoms with Crippen molar-refractivity contribution in [1.82, 2.24) is 9.91 Å². The van der Waals surface area contributed by atoms with Gasteiger partial charge in [0.15, 0.2) is 11.5 Å². The molecular weight excluding hydrogens is 422 g/mol. The fourth-order valence-corrected chi connectivity index (χ4v) is 5.77. The van der Waals surface area contributed by atoms with Crippen molar-refractivity contribution in [3.8, 4) is 11.5 Å². The second-order valence-corrected chi connectivity index (χ2v) is 9.79. The summed E-state index contributed by atoms with van der Waals surface area (Å²) >= 11 is 0. The molecule has 0 saturated carbocycles. The maximum absolute atomic E-state index is 5.60. The second-order valence-electron chi connectivity index (χ2n) is 9.79. The van der Waals surface area contributed by atoms with E-state index in [0.717, 1.165) is 62.5 Å². The van der Waals surface area contributed by atoms with Crippen LogP contribution in [0.5, 0.6) is 11.5 Å². The molecule has 34 heavy (non-hydrogen) atoms. The lowest BCUT2D eigenvalue weighted by molar-refractivity contribution is 0.0817. The second kappa shape index (κ2) is 10.6. The number of piperidine rings is 1. The lowest BCUT2D eigenvalue weighted by Gasteiger charge is -2.44. The van der Waals surface area contributed by atoms with Crippen molar-refractivity contribution in [3.63, 3.8) is 0 Å². The van der Waals surface area contributed by atoms with Gasteiger partial charge in [-0.25, -0.2) is 0 Å². The third-order valence-corrected chi connectivity index (χ3v) is 7.79. The summed E-state index contributed by atoms with van der Waals surface area (Å²) in [5.41, 5.74) is 3.81. The Morgan fingerprint density at radius 1 is 0.912 bits per heavy atom. The van der Waals surface area contributed by atoms with Gasteiger partial charge in [-0.2, -0.15) is 5.10 Å². The molecule has 2 aliphatic heterocycles. The van der Waals surface area contributed by atoms with Gasteiger partial charge in [-0.3, -0.25) is 5.01 Å². The minimum atomic E-state index is 0.477. The predicted octanol–water partition coefficient (Wildman–Crippen LogP) is 5.01. The monoisotopic (exact) mass is 459 g/mol. The summed E-state index contributed by atoms with van der Waals surface area (Å²) in [7, 11) is 3.39. The molecule has 2 atom stereocenters. The van der Waals surface area contributed by atoms with Crippen LogP contribution in [0.2, 0.25) is 0 Å². The van der Waals surface area contributed by atoms with Gasteiger partial charge >= 0.3 is 0 Å². The number of fused-ring (bicyclic) bond motifs is 1. The highest BCUT2D eigenvalue weighted by Crippen LogP contribution is 2.37. The van der Waals surface area contributed by atoms with Gasteiger partial charge < -0.3 is 14.4 Å². The molecule has 5 nitrogen and oxygen atoms in total. The van der Waals surface area contributed by atoms with Crippen molar-refractivity contribution in [2.45, 2.75) is 38.1 Å². The molecule has 3 aliphatic rings. The molecule has 1 saturated heterocycles. The Kier molecular flexibility index (Phi) is 7.19. The summed E-state index contributed by atoms with van der Waals surface area (Å²) in [5, 5.41) is 7.74. The minimum absolute atomic E-state index is 0.477. The highest BCUT2D eigenvalue weighted by Gasteiger charge is 2.36. The zero-order valence-corrected chi connectivity index (χ0v) is 20.5. The van der Waals surface area contributed by atoms with E-state index in [1.165, 1.54) is 24.1 Å². The third kappa shape index (κ3) is 5.00. The van der Waals surface area contributed by atoms with Crippen LogP contribution in [-0.2, 0) is 6.42 Å². The summed E-state index contributed by atoms with van der Waals surface area (Å²) in [6.07, 6.45) is 10.4. The van der Waals surface area contributed by atoms with Gasteiger partial charge in [0.25, 0.3) is 0 Å². The standard InChI is InChI=1S/C29H37N3O2/c1-33-27-13-12-23(20-28(27)34-2)29-26-11-7-6-10-24(26)21-32(30-29)25-15-18-31(19-16-25)17-14-22-8-4-3-5-9-22/h3-9,12-13,20,24-26H,10-11,14-19,21H2,1-2H3/t24-,26-/m0/s1. The van der Waals surface area contributed by atoms with Crippen LogP contribution in [0.15, 0.2) is 65.8 Å². The Labute approximate surface area is 204 Å². The van der Waals surface area contributed by atoms with E-state index >= 15 is 0 Å². The highest BCUT2D eigenvalue weighted by atomic mass is 16.5.